The molecule has 0 aliphatic heterocycles. The van der Waals surface area contributed by atoms with E-state index in [0.717, 1.165) is 39.5 Å². The van der Waals surface area contributed by atoms with E-state index in [1.807, 2.05) is 38.1 Å². The lowest BCUT2D eigenvalue weighted by Crippen LogP contribution is -1.99. The summed E-state index contributed by atoms with van der Waals surface area (Å²) in [6.07, 6.45) is 0. The van der Waals surface area contributed by atoms with Crippen LogP contribution in [0.3, 0.4) is 0 Å². The fourth-order valence-corrected chi connectivity index (χ4v) is 2.09. The molecule has 2 aromatic rings. The third-order valence-electron chi connectivity index (χ3n) is 3.22. The van der Waals surface area contributed by atoms with Crippen molar-refractivity contribution in [1.29, 1.82) is 0 Å². The Morgan fingerprint density at radius 2 is 1.68 bits per heavy atom. The zero-order chi connectivity index (χ0) is 14.0. The van der Waals surface area contributed by atoms with Crippen LogP contribution in [0.25, 0.3) is 0 Å². The highest BCUT2D eigenvalue weighted by Crippen LogP contribution is 2.30. The van der Waals surface area contributed by atoms with Gasteiger partial charge in [0.25, 0.3) is 0 Å². The van der Waals surface area contributed by atoms with Crippen molar-refractivity contribution in [2.75, 3.05) is 18.2 Å². The minimum atomic E-state index is 0.757. The molecule has 0 heterocycles. The molecule has 0 saturated carbocycles. The Hall–Kier alpha value is -2.16. The van der Waals surface area contributed by atoms with Gasteiger partial charge in [0.15, 0.2) is 0 Å². The van der Waals surface area contributed by atoms with E-state index in [4.69, 9.17) is 10.5 Å². The van der Waals surface area contributed by atoms with Gasteiger partial charge in [-0.3, -0.25) is 0 Å². The Morgan fingerprint density at radius 1 is 0.947 bits per heavy atom. The molecule has 0 aliphatic rings. The average Bonchev–Trinajstić information content (AvgIpc) is 2.36. The van der Waals surface area contributed by atoms with Crippen LogP contribution in [0.4, 0.5) is 17.1 Å². The Kier molecular flexibility index (Phi) is 3.65. The summed E-state index contributed by atoms with van der Waals surface area (Å²) in [5.41, 5.74) is 12.1. The van der Waals surface area contributed by atoms with E-state index in [-0.39, 0.29) is 0 Å². The molecule has 0 spiro atoms. The van der Waals surface area contributed by atoms with E-state index in [1.54, 1.807) is 7.11 Å². The lowest BCUT2D eigenvalue weighted by Gasteiger charge is -2.15. The monoisotopic (exact) mass is 256 g/mol. The standard InChI is InChI=1S/C16H20N2O/c1-10-5-6-14(13(17)7-10)18-15-8-12(3)16(19-4)9-11(15)2/h5-9,18H,17H2,1-4H3. The molecule has 0 saturated heterocycles. The third kappa shape index (κ3) is 2.81. The van der Waals surface area contributed by atoms with E-state index in [2.05, 4.69) is 18.3 Å². The van der Waals surface area contributed by atoms with Gasteiger partial charge in [0.1, 0.15) is 5.75 Å². The molecule has 0 aliphatic carbocycles. The van der Waals surface area contributed by atoms with Crippen molar-refractivity contribution in [3.63, 3.8) is 0 Å². The van der Waals surface area contributed by atoms with Gasteiger partial charge in [-0.15, -0.1) is 0 Å². The molecule has 2 rings (SSSR count). The maximum Gasteiger partial charge on any atom is 0.122 e. The van der Waals surface area contributed by atoms with Crippen LogP contribution in [-0.2, 0) is 0 Å². The first-order chi connectivity index (χ1) is 9.01. The molecule has 0 fully saturated rings. The van der Waals surface area contributed by atoms with E-state index in [0.29, 0.717) is 0 Å². The van der Waals surface area contributed by atoms with Crippen LogP contribution in [-0.4, -0.2) is 7.11 Å². The summed E-state index contributed by atoms with van der Waals surface area (Å²) in [6, 6.07) is 10.1. The number of rotatable bonds is 3. The maximum atomic E-state index is 6.03. The van der Waals surface area contributed by atoms with Crippen LogP contribution < -0.4 is 15.8 Å². The number of nitrogen functional groups attached to an aromatic ring is 1. The fourth-order valence-electron chi connectivity index (χ4n) is 2.09. The molecule has 3 nitrogen and oxygen atoms in total. The molecule has 0 atom stereocenters. The van der Waals surface area contributed by atoms with E-state index in [9.17, 15) is 0 Å². The molecule has 19 heavy (non-hydrogen) atoms. The van der Waals surface area contributed by atoms with E-state index < -0.39 is 0 Å². The summed E-state index contributed by atoms with van der Waals surface area (Å²) in [6.45, 7) is 6.11. The highest BCUT2D eigenvalue weighted by atomic mass is 16.5. The second-order valence-corrected chi connectivity index (χ2v) is 4.85. The second kappa shape index (κ2) is 5.22. The number of hydrogen-bond acceptors (Lipinski definition) is 3. The predicted octanol–water partition coefficient (Wildman–Crippen LogP) is 3.95. The van der Waals surface area contributed by atoms with Gasteiger partial charge >= 0.3 is 0 Å². The molecule has 0 aromatic heterocycles. The molecular formula is C16H20N2O. The van der Waals surface area contributed by atoms with Gasteiger partial charge in [-0.05, 0) is 61.7 Å². The first-order valence-corrected chi connectivity index (χ1v) is 6.29. The smallest absolute Gasteiger partial charge is 0.122 e. The Balaban J connectivity index is 2.35. The highest BCUT2D eigenvalue weighted by molar-refractivity contribution is 5.75. The van der Waals surface area contributed by atoms with Crippen LogP contribution in [0, 0.1) is 20.8 Å². The van der Waals surface area contributed by atoms with Crippen molar-refractivity contribution in [2.45, 2.75) is 20.8 Å². The van der Waals surface area contributed by atoms with Crippen molar-refractivity contribution < 1.29 is 4.74 Å². The first-order valence-electron chi connectivity index (χ1n) is 6.29. The van der Waals surface area contributed by atoms with Gasteiger partial charge in [0.2, 0.25) is 0 Å². The third-order valence-corrected chi connectivity index (χ3v) is 3.22. The summed E-state index contributed by atoms with van der Waals surface area (Å²) in [5.74, 6) is 0.903. The van der Waals surface area contributed by atoms with Gasteiger partial charge < -0.3 is 15.8 Å². The molecule has 100 valence electrons. The number of ether oxygens (including phenoxy) is 1. The molecule has 0 radical (unpaired) electrons. The number of aryl methyl sites for hydroxylation is 3. The zero-order valence-corrected chi connectivity index (χ0v) is 11.9. The zero-order valence-electron chi connectivity index (χ0n) is 11.9. The molecule has 0 unspecified atom stereocenters. The second-order valence-electron chi connectivity index (χ2n) is 4.85. The van der Waals surface area contributed by atoms with Crippen LogP contribution in [0.5, 0.6) is 5.75 Å². The summed E-state index contributed by atoms with van der Waals surface area (Å²) in [5, 5.41) is 3.38. The van der Waals surface area contributed by atoms with Crippen LogP contribution >= 0.6 is 0 Å². The topological polar surface area (TPSA) is 47.3 Å². The summed E-state index contributed by atoms with van der Waals surface area (Å²) >= 11 is 0. The van der Waals surface area contributed by atoms with Gasteiger partial charge in [-0.2, -0.15) is 0 Å². The van der Waals surface area contributed by atoms with Gasteiger partial charge in [-0.25, -0.2) is 0 Å². The SMILES string of the molecule is COc1cc(C)c(Nc2ccc(C)cc2N)cc1C. The van der Waals surface area contributed by atoms with Crippen molar-refractivity contribution in [1.82, 2.24) is 0 Å². The average molecular weight is 256 g/mol. The number of benzene rings is 2. The highest BCUT2D eigenvalue weighted by Gasteiger charge is 2.06. The van der Waals surface area contributed by atoms with Crippen molar-refractivity contribution in [3.05, 3.63) is 47.0 Å². The summed E-state index contributed by atoms with van der Waals surface area (Å²) in [4.78, 5) is 0. The Labute approximate surface area is 114 Å². The van der Waals surface area contributed by atoms with Gasteiger partial charge in [-0.1, -0.05) is 6.07 Å². The predicted molar refractivity (Wildman–Crippen MR) is 81.3 cm³/mol. The largest absolute Gasteiger partial charge is 0.496 e. The van der Waals surface area contributed by atoms with Crippen LogP contribution in [0.2, 0.25) is 0 Å². The van der Waals surface area contributed by atoms with Crippen molar-refractivity contribution >= 4 is 17.1 Å². The van der Waals surface area contributed by atoms with Gasteiger partial charge in [0, 0.05) is 5.69 Å². The normalized spacial score (nSPS) is 10.3. The quantitative estimate of drug-likeness (QED) is 0.817. The van der Waals surface area contributed by atoms with Crippen molar-refractivity contribution in [2.24, 2.45) is 0 Å². The minimum Gasteiger partial charge on any atom is -0.496 e. The fraction of sp³-hybridized carbons (Fsp3) is 0.250. The van der Waals surface area contributed by atoms with E-state index >= 15 is 0 Å². The number of anilines is 3. The lowest BCUT2D eigenvalue weighted by molar-refractivity contribution is 0.411. The van der Waals surface area contributed by atoms with Crippen LogP contribution in [0.15, 0.2) is 30.3 Å². The number of hydrogen-bond donors (Lipinski definition) is 2. The first kappa shape index (κ1) is 13.3. The molecule has 3 heteroatoms. The summed E-state index contributed by atoms with van der Waals surface area (Å²) in [7, 11) is 1.69. The molecular weight excluding hydrogens is 236 g/mol. The minimum absolute atomic E-state index is 0.757. The van der Waals surface area contributed by atoms with Gasteiger partial charge in [0.05, 0.1) is 18.5 Å². The molecule has 3 N–H and O–H groups in total. The lowest BCUT2D eigenvalue weighted by atomic mass is 10.1. The van der Waals surface area contributed by atoms with Crippen molar-refractivity contribution in [3.8, 4) is 5.75 Å². The number of nitrogens with one attached hydrogen (secondary N) is 1. The molecule has 0 bridgehead atoms. The summed E-state index contributed by atoms with van der Waals surface area (Å²) < 4.78 is 5.32. The number of methoxy groups -OCH3 is 1. The van der Waals surface area contributed by atoms with Crippen LogP contribution in [0.1, 0.15) is 16.7 Å². The van der Waals surface area contributed by atoms with E-state index in [1.165, 1.54) is 0 Å². The Morgan fingerprint density at radius 3 is 2.32 bits per heavy atom. The number of nitrogens with two attached hydrogens (primary N) is 1. The molecule has 0 amide bonds. The molecule has 2 aromatic carbocycles. The maximum absolute atomic E-state index is 6.03. The Bertz CT molecular complexity index is 606.